The summed E-state index contributed by atoms with van der Waals surface area (Å²) in [6, 6.07) is 7.82. The van der Waals surface area contributed by atoms with Crippen molar-refractivity contribution in [1.29, 1.82) is 0 Å². The van der Waals surface area contributed by atoms with Gasteiger partial charge in [0.05, 0.1) is 12.1 Å². The molecule has 1 aromatic heterocycles. The SMILES string of the molecule is CC(N)Cc1cn([C@@H]2OC[C@H](O)[C@H](O)[C@H]2O)c2ccccc12. The second-order valence-corrected chi connectivity index (χ2v) is 6.03. The van der Waals surface area contributed by atoms with Crippen LogP contribution in [0.5, 0.6) is 0 Å². The highest BCUT2D eigenvalue weighted by atomic mass is 16.5. The number of aliphatic hydroxyl groups excluding tert-OH is 3. The lowest BCUT2D eigenvalue weighted by Crippen LogP contribution is -2.50. The zero-order chi connectivity index (χ0) is 15.9. The van der Waals surface area contributed by atoms with Crippen molar-refractivity contribution in [3.8, 4) is 0 Å². The minimum atomic E-state index is -1.23. The highest BCUT2D eigenvalue weighted by molar-refractivity contribution is 5.84. The van der Waals surface area contributed by atoms with Crippen molar-refractivity contribution < 1.29 is 20.1 Å². The molecule has 1 unspecified atom stereocenters. The number of rotatable bonds is 3. The summed E-state index contributed by atoms with van der Waals surface area (Å²) in [5, 5.41) is 30.8. The second kappa shape index (κ2) is 5.98. The number of benzene rings is 1. The first-order chi connectivity index (χ1) is 10.5. The van der Waals surface area contributed by atoms with Gasteiger partial charge < -0.3 is 30.4 Å². The standard InChI is InChI=1S/C16H22N2O4/c1-9(17)6-10-7-18(12-5-3-2-4-11(10)12)16-15(21)14(20)13(19)8-22-16/h2-5,7,9,13-16,19-21H,6,8,17H2,1H3/t9?,13-,14-,15+,16+/m0/s1. The van der Waals surface area contributed by atoms with Gasteiger partial charge in [0.1, 0.15) is 18.3 Å². The van der Waals surface area contributed by atoms with Gasteiger partial charge in [-0.3, -0.25) is 0 Å². The van der Waals surface area contributed by atoms with Gasteiger partial charge in [-0.25, -0.2) is 0 Å². The van der Waals surface area contributed by atoms with Crippen LogP contribution >= 0.6 is 0 Å². The van der Waals surface area contributed by atoms with E-state index >= 15 is 0 Å². The van der Waals surface area contributed by atoms with Crippen molar-refractivity contribution >= 4 is 10.9 Å². The van der Waals surface area contributed by atoms with Crippen molar-refractivity contribution in [1.82, 2.24) is 4.57 Å². The number of para-hydroxylation sites is 1. The highest BCUT2D eigenvalue weighted by Crippen LogP contribution is 2.31. The van der Waals surface area contributed by atoms with Gasteiger partial charge >= 0.3 is 0 Å². The van der Waals surface area contributed by atoms with Crippen molar-refractivity contribution in [2.75, 3.05) is 6.61 Å². The molecule has 6 nitrogen and oxygen atoms in total. The predicted molar refractivity (Wildman–Crippen MR) is 82.3 cm³/mol. The molecule has 0 bridgehead atoms. The highest BCUT2D eigenvalue weighted by Gasteiger charge is 2.39. The van der Waals surface area contributed by atoms with E-state index in [9.17, 15) is 15.3 Å². The number of hydrogen-bond acceptors (Lipinski definition) is 5. The number of ether oxygens (including phenoxy) is 1. The Hall–Kier alpha value is -1.44. The van der Waals surface area contributed by atoms with E-state index in [-0.39, 0.29) is 12.6 Å². The number of hydrogen-bond donors (Lipinski definition) is 4. The maximum atomic E-state index is 10.2. The van der Waals surface area contributed by atoms with Gasteiger partial charge in [-0.05, 0) is 25.0 Å². The van der Waals surface area contributed by atoms with Crippen molar-refractivity contribution in [3.05, 3.63) is 36.0 Å². The van der Waals surface area contributed by atoms with Crippen LogP contribution in [0.4, 0.5) is 0 Å². The van der Waals surface area contributed by atoms with Crippen LogP contribution < -0.4 is 5.73 Å². The zero-order valence-corrected chi connectivity index (χ0v) is 12.5. The number of aliphatic hydroxyl groups is 3. The quantitative estimate of drug-likeness (QED) is 0.646. The van der Waals surface area contributed by atoms with Crippen LogP contribution in [0.3, 0.4) is 0 Å². The molecule has 1 aliphatic heterocycles. The Labute approximate surface area is 128 Å². The predicted octanol–water partition coefficient (Wildman–Crippen LogP) is 0.143. The van der Waals surface area contributed by atoms with Gasteiger partial charge in [-0.1, -0.05) is 18.2 Å². The van der Waals surface area contributed by atoms with Crippen molar-refractivity contribution in [2.24, 2.45) is 5.73 Å². The van der Waals surface area contributed by atoms with Crippen LogP contribution in [0.25, 0.3) is 10.9 Å². The maximum absolute atomic E-state index is 10.2. The molecule has 3 rings (SSSR count). The lowest BCUT2D eigenvalue weighted by atomic mass is 10.0. The van der Waals surface area contributed by atoms with E-state index in [2.05, 4.69) is 0 Å². The summed E-state index contributed by atoms with van der Waals surface area (Å²) in [5.41, 5.74) is 7.89. The molecule has 1 aliphatic rings. The monoisotopic (exact) mass is 306 g/mol. The fourth-order valence-electron chi connectivity index (χ4n) is 3.03. The molecule has 120 valence electrons. The van der Waals surface area contributed by atoms with E-state index in [4.69, 9.17) is 10.5 Å². The van der Waals surface area contributed by atoms with E-state index in [0.29, 0.717) is 6.42 Å². The Balaban J connectivity index is 2.03. The van der Waals surface area contributed by atoms with Crippen molar-refractivity contribution in [3.63, 3.8) is 0 Å². The summed E-state index contributed by atoms with van der Waals surface area (Å²) in [4.78, 5) is 0. The topological polar surface area (TPSA) is 101 Å². The van der Waals surface area contributed by atoms with Crippen LogP contribution in [0.2, 0.25) is 0 Å². The number of nitrogens with two attached hydrogens (primary N) is 1. The molecule has 0 spiro atoms. The maximum Gasteiger partial charge on any atom is 0.162 e. The lowest BCUT2D eigenvalue weighted by molar-refractivity contribution is -0.209. The van der Waals surface area contributed by atoms with Gasteiger partial charge in [-0.2, -0.15) is 0 Å². The fourth-order valence-corrected chi connectivity index (χ4v) is 3.03. The molecular weight excluding hydrogens is 284 g/mol. The average molecular weight is 306 g/mol. The molecule has 2 heterocycles. The Morgan fingerprint density at radius 1 is 1.27 bits per heavy atom. The van der Waals surface area contributed by atoms with Gasteiger partial charge in [0, 0.05) is 17.6 Å². The minimum Gasteiger partial charge on any atom is -0.388 e. The van der Waals surface area contributed by atoms with E-state index < -0.39 is 24.5 Å². The summed E-state index contributed by atoms with van der Waals surface area (Å²) in [6.07, 6.45) is -1.60. The minimum absolute atomic E-state index is 0.0158. The van der Waals surface area contributed by atoms with Crippen molar-refractivity contribution in [2.45, 2.75) is 43.9 Å². The van der Waals surface area contributed by atoms with E-state index in [1.807, 2.05) is 42.0 Å². The van der Waals surface area contributed by atoms with Crippen LogP contribution in [-0.4, -0.2) is 50.8 Å². The van der Waals surface area contributed by atoms with Crippen LogP contribution in [0.15, 0.2) is 30.5 Å². The Morgan fingerprint density at radius 2 is 2.00 bits per heavy atom. The molecule has 0 saturated carbocycles. The molecule has 5 N–H and O–H groups in total. The molecule has 5 atom stereocenters. The van der Waals surface area contributed by atoms with Crippen LogP contribution in [0, 0.1) is 0 Å². The summed E-state index contributed by atoms with van der Waals surface area (Å²) in [5.74, 6) is 0. The number of fused-ring (bicyclic) bond motifs is 1. The first-order valence-electron chi connectivity index (χ1n) is 7.49. The third kappa shape index (κ3) is 2.64. The molecule has 6 heteroatoms. The third-order valence-corrected chi connectivity index (χ3v) is 4.11. The largest absolute Gasteiger partial charge is 0.388 e. The zero-order valence-electron chi connectivity index (χ0n) is 12.5. The summed E-state index contributed by atoms with van der Waals surface area (Å²) in [6.45, 7) is 1.93. The molecule has 1 fully saturated rings. The van der Waals surface area contributed by atoms with E-state index in [1.54, 1.807) is 0 Å². The van der Waals surface area contributed by atoms with Gasteiger partial charge in [0.25, 0.3) is 0 Å². The Kier molecular flexibility index (Phi) is 4.20. The van der Waals surface area contributed by atoms with Crippen LogP contribution in [0.1, 0.15) is 18.7 Å². The van der Waals surface area contributed by atoms with Gasteiger partial charge in [0.2, 0.25) is 0 Å². The van der Waals surface area contributed by atoms with Gasteiger partial charge in [-0.15, -0.1) is 0 Å². The number of nitrogens with zero attached hydrogens (tertiary/aromatic N) is 1. The van der Waals surface area contributed by atoms with Crippen LogP contribution in [-0.2, 0) is 11.2 Å². The molecule has 1 saturated heterocycles. The first kappa shape index (κ1) is 15.5. The fraction of sp³-hybridized carbons (Fsp3) is 0.500. The number of aromatic nitrogens is 1. The lowest BCUT2D eigenvalue weighted by Gasteiger charge is -2.36. The first-order valence-corrected chi connectivity index (χ1v) is 7.49. The molecule has 0 amide bonds. The van der Waals surface area contributed by atoms with Gasteiger partial charge in [0.15, 0.2) is 6.23 Å². The molecule has 22 heavy (non-hydrogen) atoms. The normalized spacial score (nSPS) is 30.6. The molecule has 0 radical (unpaired) electrons. The summed E-state index contributed by atoms with van der Waals surface area (Å²) < 4.78 is 7.37. The molecule has 1 aromatic carbocycles. The molecule has 0 aliphatic carbocycles. The molecular formula is C16H22N2O4. The third-order valence-electron chi connectivity index (χ3n) is 4.11. The average Bonchev–Trinajstić information content (AvgIpc) is 2.83. The molecule has 2 aromatic rings. The van der Waals surface area contributed by atoms with E-state index in [0.717, 1.165) is 16.5 Å². The second-order valence-electron chi connectivity index (χ2n) is 6.03. The summed E-state index contributed by atoms with van der Waals surface area (Å²) in [7, 11) is 0. The smallest absolute Gasteiger partial charge is 0.162 e. The Morgan fingerprint density at radius 3 is 2.73 bits per heavy atom. The summed E-state index contributed by atoms with van der Waals surface area (Å²) >= 11 is 0. The van der Waals surface area contributed by atoms with E-state index in [1.165, 1.54) is 0 Å². The Bertz CT molecular complexity index is 655.